The van der Waals surface area contributed by atoms with Gasteiger partial charge in [-0.25, -0.2) is 4.79 Å². The van der Waals surface area contributed by atoms with Gasteiger partial charge in [0.25, 0.3) is 0 Å². The van der Waals surface area contributed by atoms with E-state index in [1.54, 1.807) is 12.1 Å². The number of hydrogen-bond acceptors (Lipinski definition) is 6. The lowest BCUT2D eigenvalue weighted by Crippen LogP contribution is -2.28. The lowest BCUT2D eigenvalue weighted by Gasteiger charge is -2.25. The minimum absolute atomic E-state index is 0.0270. The largest absolute Gasteiger partial charge is 0.462 e. The van der Waals surface area contributed by atoms with Gasteiger partial charge in [-0.3, -0.25) is 4.79 Å². The molecule has 32 heavy (non-hydrogen) atoms. The Kier molecular flexibility index (Phi) is 9.47. The predicted octanol–water partition coefficient (Wildman–Crippen LogP) is 4.18. The second-order valence-electron chi connectivity index (χ2n) is 7.42. The Morgan fingerprint density at radius 1 is 1.06 bits per heavy atom. The summed E-state index contributed by atoms with van der Waals surface area (Å²) in [4.78, 5) is 30.7. The monoisotopic (exact) mass is 459 g/mol. The molecule has 1 aliphatic rings. The first-order chi connectivity index (χ1) is 15.6. The van der Waals surface area contributed by atoms with E-state index < -0.39 is 14.7 Å². The molecule has 1 unspecified atom stereocenters. The molecular weight excluding hydrogens is 431 g/mol. The molecule has 1 amide bonds. The summed E-state index contributed by atoms with van der Waals surface area (Å²) < 4.78 is 22.0. The average molecular weight is 459 g/mol. The van der Waals surface area contributed by atoms with Gasteiger partial charge in [-0.15, -0.1) is 0 Å². The van der Waals surface area contributed by atoms with Gasteiger partial charge in [0.2, 0.25) is 0 Å². The summed E-state index contributed by atoms with van der Waals surface area (Å²) in [6.07, 6.45) is 3.04. The van der Waals surface area contributed by atoms with Gasteiger partial charge in [-0.2, -0.15) is 0 Å². The molecule has 9 heteroatoms. The van der Waals surface area contributed by atoms with Crippen molar-refractivity contribution in [3.8, 4) is 5.75 Å². The molecule has 1 aliphatic carbocycles. The molecular formula is C23H28N2O6P+. The number of hydrogen-bond donors (Lipinski definition) is 1. The van der Waals surface area contributed by atoms with Gasteiger partial charge in [0.1, 0.15) is 12.7 Å². The molecule has 8 nitrogen and oxygen atoms in total. The number of ether oxygens (including phenoxy) is 2. The van der Waals surface area contributed by atoms with Crippen LogP contribution in [0, 0.1) is 0 Å². The van der Waals surface area contributed by atoms with E-state index >= 15 is 0 Å². The van der Waals surface area contributed by atoms with E-state index in [1.165, 1.54) is 4.83 Å². The normalized spacial score (nSPS) is 13.4. The Bertz CT molecular complexity index is 891. The highest BCUT2D eigenvalue weighted by Gasteiger charge is 2.24. The van der Waals surface area contributed by atoms with Crippen LogP contribution in [0.15, 0.2) is 54.6 Å². The summed E-state index contributed by atoms with van der Waals surface area (Å²) in [7, 11) is -0.872. The lowest BCUT2D eigenvalue weighted by molar-refractivity contribution is -0.153. The van der Waals surface area contributed by atoms with Crippen molar-refractivity contribution >= 4 is 20.7 Å². The minimum Gasteiger partial charge on any atom is -0.462 e. The maximum absolute atomic E-state index is 11.9. The van der Waals surface area contributed by atoms with Crippen LogP contribution in [0.25, 0.3) is 0 Å². The first-order valence-corrected chi connectivity index (χ1v) is 11.5. The molecule has 0 saturated heterocycles. The lowest BCUT2D eigenvalue weighted by atomic mass is 9.96. The Balaban J connectivity index is 1.41. The van der Waals surface area contributed by atoms with Crippen molar-refractivity contribution in [2.75, 3.05) is 13.1 Å². The Morgan fingerprint density at radius 2 is 1.81 bits per heavy atom. The highest BCUT2D eigenvalue weighted by molar-refractivity contribution is 7.20. The maximum atomic E-state index is 11.9. The summed E-state index contributed by atoms with van der Waals surface area (Å²) in [6.45, 7) is 0.711. The van der Waals surface area contributed by atoms with Crippen molar-refractivity contribution in [1.29, 1.82) is 0 Å². The third-order valence-corrected chi connectivity index (χ3v) is 5.55. The molecule has 170 valence electrons. The van der Waals surface area contributed by atoms with Crippen LogP contribution in [0.1, 0.15) is 36.8 Å². The van der Waals surface area contributed by atoms with Crippen LogP contribution in [0.5, 0.6) is 5.75 Å². The highest BCUT2D eigenvalue weighted by Crippen LogP contribution is 2.24. The summed E-state index contributed by atoms with van der Waals surface area (Å²) in [5.41, 5.74) is 1.74. The number of nitrogens with one attached hydrogen (secondary N) is 1. The van der Waals surface area contributed by atoms with Crippen molar-refractivity contribution in [1.82, 2.24) is 10.2 Å². The van der Waals surface area contributed by atoms with Crippen LogP contribution in [-0.2, 0) is 31.9 Å². The van der Waals surface area contributed by atoms with E-state index in [1.807, 2.05) is 42.5 Å². The molecule has 2 aromatic carbocycles. The number of hydroxylamine groups is 1. The number of rotatable bonds is 12. The molecule has 1 N–H and O–H groups in total. The van der Waals surface area contributed by atoms with E-state index in [-0.39, 0.29) is 31.6 Å². The fraction of sp³-hybridized carbons (Fsp3) is 0.391. The number of alkyl carbamates (subject to hydrolysis) is 1. The topological polar surface area (TPSA) is 94.2 Å². The number of amides is 1. The quantitative estimate of drug-likeness (QED) is 0.289. The van der Waals surface area contributed by atoms with Crippen molar-refractivity contribution < 1.29 is 28.5 Å². The number of benzene rings is 2. The molecule has 0 bridgehead atoms. The molecule has 0 radical (unpaired) electrons. The van der Waals surface area contributed by atoms with Crippen molar-refractivity contribution in [2.45, 2.75) is 44.8 Å². The molecule has 1 saturated carbocycles. The molecule has 1 atom stereocenters. The number of carbonyl (C=O) groups is 2. The van der Waals surface area contributed by atoms with E-state index in [0.717, 1.165) is 30.4 Å². The van der Waals surface area contributed by atoms with Crippen molar-refractivity contribution in [2.24, 2.45) is 0 Å². The van der Waals surface area contributed by atoms with Crippen LogP contribution in [-0.4, -0.2) is 36.1 Å². The minimum atomic E-state index is -0.872. The molecule has 0 aromatic heterocycles. The first-order valence-electron chi connectivity index (χ1n) is 10.7. The van der Waals surface area contributed by atoms with Crippen molar-refractivity contribution in [3.63, 3.8) is 0 Å². The molecule has 0 heterocycles. The Morgan fingerprint density at radius 3 is 2.53 bits per heavy atom. The van der Waals surface area contributed by atoms with Gasteiger partial charge in [0.15, 0.2) is 5.75 Å². The van der Waals surface area contributed by atoms with Crippen LogP contribution in [0.2, 0.25) is 0 Å². The fourth-order valence-electron chi connectivity index (χ4n) is 3.03. The SMILES string of the molecule is O=[PH+]N(CCC(=O)OC1CCC1)Oc1ccccc1CCNC(=O)OCc1ccccc1. The van der Waals surface area contributed by atoms with Crippen LogP contribution in [0.4, 0.5) is 4.79 Å². The fourth-order valence-corrected chi connectivity index (χ4v) is 3.37. The Labute approximate surface area is 189 Å². The smallest absolute Gasteiger partial charge is 0.456 e. The molecule has 3 rings (SSSR count). The summed E-state index contributed by atoms with van der Waals surface area (Å²) in [6, 6.07) is 16.7. The number of nitrogens with zero attached hydrogens (tertiary/aromatic N) is 1. The molecule has 1 fully saturated rings. The molecule has 0 aliphatic heterocycles. The number of esters is 1. The Hall–Kier alpha value is -2.96. The van der Waals surface area contributed by atoms with Gasteiger partial charge in [-0.05, 0) is 47.4 Å². The first kappa shape index (κ1) is 23.7. The third-order valence-electron chi connectivity index (χ3n) is 5.03. The van der Waals surface area contributed by atoms with E-state index in [2.05, 4.69) is 5.32 Å². The van der Waals surface area contributed by atoms with Crippen LogP contribution < -0.4 is 10.2 Å². The summed E-state index contributed by atoms with van der Waals surface area (Å²) >= 11 is 0. The standard InChI is InChI=1S/C23H27N2O6P/c26-22(30-20-10-6-11-20)14-16-25(32-28)31-21-12-5-4-9-19(21)13-15-24-23(27)29-17-18-7-2-1-3-8-18/h1-5,7-9,12,20H,6,10-11,13-17H2,(H,24,27)/p+1. The summed E-state index contributed by atoms with van der Waals surface area (Å²) in [5.74, 6) is 0.204. The van der Waals surface area contributed by atoms with E-state index in [4.69, 9.17) is 14.3 Å². The molecule has 2 aromatic rings. The second kappa shape index (κ2) is 12.8. The average Bonchev–Trinajstić information content (AvgIpc) is 2.79. The van der Waals surface area contributed by atoms with Crippen LogP contribution in [0.3, 0.4) is 0 Å². The van der Waals surface area contributed by atoms with Crippen molar-refractivity contribution in [3.05, 3.63) is 65.7 Å². The zero-order chi connectivity index (χ0) is 22.6. The van der Waals surface area contributed by atoms with Gasteiger partial charge in [-0.1, -0.05) is 48.5 Å². The second-order valence-corrected chi connectivity index (χ2v) is 8.11. The third kappa shape index (κ3) is 7.94. The molecule has 0 spiro atoms. The number of carbonyl (C=O) groups excluding carboxylic acids is 2. The van der Waals surface area contributed by atoms with Gasteiger partial charge in [0, 0.05) is 6.54 Å². The predicted molar refractivity (Wildman–Crippen MR) is 119 cm³/mol. The van der Waals surface area contributed by atoms with Crippen LogP contribution >= 0.6 is 8.61 Å². The number of para-hydroxylation sites is 1. The zero-order valence-electron chi connectivity index (χ0n) is 17.8. The van der Waals surface area contributed by atoms with Gasteiger partial charge in [0.05, 0.1) is 17.8 Å². The van der Waals surface area contributed by atoms with Gasteiger partial charge < -0.3 is 19.6 Å². The summed E-state index contributed by atoms with van der Waals surface area (Å²) in [5, 5.41) is 2.71. The van der Waals surface area contributed by atoms with E-state index in [9.17, 15) is 14.2 Å². The van der Waals surface area contributed by atoms with E-state index in [0.29, 0.717) is 18.7 Å². The highest BCUT2D eigenvalue weighted by atomic mass is 31.1. The zero-order valence-corrected chi connectivity index (χ0v) is 18.8. The van der Waals surface area contributed by atoms with Gasteiger partial charge >= 0.3 is 20.7 Å². The maximum Gasteiger partial charge on any atom is 0.456 e.